The van der Waals surface area contributed by atoms with Gasteiger partial charge in [0.25, 0.3) is 0 Å². The molecule has 2 aromatic heterocycles. The van der Waals surface area contributed by atoms with E-state index in [2.05, 4.69) is 15.3 Å². The molecule has 3 rings (SSSR count). The van der Waals surface area contributed by atoms with Crippen molar-refractivity contribution >= 4 is 27.4 Å². The zero-order valence-corrected chi connectivity index (χ0v) is 15.3. The molecule has 3 aromatic rings. The van der Waals surface area contributed by atoms with Crippen molar-refractivity contribution in [1.29, 1.82) is 0 Å². The number of rotatable bonds is 5. The van der Waals surface area contributed by atoms with E-state index in [0.29, 0.717) is 10.4 Å². The molecule has 1 unspecified atom stereocenters. The molecule has 0 aliphatic rings. The molecule has 2 heterocycles. The van der Waals surface area contributed by atoms with Crippen LogP contribution in [0.2, 0.25) is 0 Å². The second kappa shape index (κ2) is 7.57. The highest BCUT2D eigenvalue weighted by molar-refractivity contribution is 7.18. The number of fused-ring (bicyclic) bond motifs is 1. The van der Waals surface area contributed by atoms with Crippen LogP contribution >= 0.6 is 11.3 Å². The number of benzene rings is 1. The van der Waals surface area contributed by atoms with Crippen LogP contribution in [-0.4, -0.2) is 22.2 Å². The number of hydrogen-bond donors (Lipinski definition) is 1. The van der Waals surface area contributed by atoms with E-state index in [0.717, 1.165) is 11.3 Å². The lowest BCUT2D eigenvalue weighted by molar-refractivity contribution is -0.144. The van der Waals surface area contributed by atoms with Crippen LogP contribution in [0, 0.1) is 6.92 Å². The highest BCUT2D eigenvalue weighted by Gasteiger charge is 2.41. The third kappa shape index (κ3) is 4.73. The van der Waals surface area contributed by atoms with Crippen LogP contribution < -0.4 is 5.32 Å². The third-order valence-corrected chi connectivity index (χ3v) is 4.98. The Morgan fingerprint density at radius 2 is 1.71 bits per heavy atom. The van der Waals surface area contributed by atoms with E-state index in [9.17, 15) is 26.3 Å². The second-order valence-corrected chi connectivity index (χ2v) is 7.47. The lowest BCUT2D eigenvalue weighted by Crippen LogP contribution is -2.37. The summed E-state index contributed by atoms with van der Waals surface area (Å²) in [6.45, 7) is 1.64. The average Bonchev–Trinajstić information content (AvgIpc) is 2.98. The molecule has 28 heavy (non-hydrogen) atoms. The maximum Gasteiger partial charge on any atom is 0.451 e. The lowest BCUT2D eigenvalue weighted by atomic mass is 10.0. The zero-order chi connectivity index (χ0) is 20.5. The van der Waals surface area contributed by atoms with Crippen molar-refractivity contribution in [3.63, 3.8) is 0 Å². The monoisotopic (exact) mass is 419 g/mol. The first-order valence-electron chi connectivity index (χ1n) is 8.26. The first-order chi connectivity index (χ1) is 13.0. The highest BCUT2D eigenvalue weighted by atomic mass is 32.1. The maximum atomic E-state index is 13.5. The normalized spacial score (nSPS) is 13.7. The van der Waals surface area contributed by atoms with Crippen LogP contribution in [0.15, 0.2) is 36.4 Å². The van der Waals surface area contributed by atoms with Gasteiger partial charge in [0.05, 0.1) is 5.39 Å². The molecule has 0 saturated heterocycles. The van der Waals surface area contributed by atoms with Crippen molar-refractivity contribution in [2.45, 2.75) is 38.2 Å². The van der Waals surface area contributed by atoms with Gasteiger partial charge in [-0.2, -0.15) is 26.3 Å². The average molecular weight is 419 g/mol. The molecule has 0 aliphatic carbocycles. The van der Waals surface area contributed by atoms with Crippen molar-refractivity contribution in [3.8, 4) is 0 Å². The molecule has 0 radical (unpaired) electrons. The molecule has 0 amide bonds. The molecular formula is C18H15F6N3S. The fourth-order valence-corrected chi connectivity index (χ4v) is 3.60. The number of thiophene rings is 1. The van der Waals surface area contributed by atoms with Crippen molar-refractivity contribution in [3.05, 3.63) is 52.7 Å². The van der Waals surface area contributed by atoms with Gasteiger partial charge >= 0.3 is 12.4 Å². The van der Waals surface area contributed by atoms with Crippen LogP contribution in [0.4, 0.5) is 32.2 Å². The largest absolute Gasteiger partial charge is 0.451 e. The molecule has 0 fully saturated rings. The summed E-state index contributed by atoms with van der Waals surface area (Å²) >= 11 is 0.969. The van der Waals surface area contributed by atoms with Gasteiger partial charge in [-0.15, -0.1) is 11.3 Å². The fourth-order valence-electron chi connectivity index (χ4n) is 2.72. The Hall–Kier alpha value is -2.36. The van der Waals surface area contributed by atoms with E-state index in [4.69, 9.17) is 0 Å². The Morgan fingerprint density at radius 1 is 1.04 bits per heavy atom. The summed E-state index contributed by atoms with van der Waals surface area (Å²) in [6.07, 6.45) is -9.75. The number of aryl methyl sites for hydroxylation is 2. The molecule has 1 aromatic carbocycles. The molecule has 0 saturated carbocycles. The highest BCUT2D eigenvalue weighted by Crippen LogP contribution is 2.35. The van der Waals surface area contributed by atoms with Gasteiger partial charge < -0.3 is 5.32 Å². The Bertz CT molecular complexity index is 950. The minimum absolute atomic E-state index is 0.00805. The van der Waals surface area contributed by atoms with Gasteiger partial charge in [-0.1, -0.05) is 30.3 Å². The molecular weight excluding hydrogens is 404 g/mol. The van der Waals surface area contributed by atoms with Gasteiger partial charge in [0.15, 0.2) is 0 Å². The van der Waals surface area contributed by atoms with Crippen LogP contribution in [0.1, 0.15) is 22.7 Å². The zero-order valence-electron chi connectivity index (χ0n) is 14.5. The van der Waals surface area contributed by atoms with E-state index in [1.165, 1.54) is 6.07 Å². The quantitative estimate of drug-likeness (QED) is 0.516. The van der Waals surface area contributed by atoms with Gasteiger partial charge in [0.1, 0.15) is 16.7 Å². The summed E-state index contributed by atoms with van der Waals surface area (Å²) in [7, 11) is 0. The van der Waals surface area contributed by atoms with Crippen LogP contribution in [0.25, 0.3) is 10.2 Å². The molecule has 3 nitrogen and oxygen atoms in total. The number of hydrogen-bond acceptors (Lipinski definition) is 4. The summed E-state index contributed by atoms with van der Waals surface area (Å²) in [5, 5.41) is 2.33. The first kappa shape index (κ1) is 20.4. The molecule has 1 atom stereocenters. The Labute approximate surface area is 160 Å². The standard InChI is InChI=1S/C18H15F6N3S/c1-10-9-12-14(26-16(18(22,23)24)27-15(12)28-10)25-13(17(19,20)21)8-7-11-5-3-2-4-6-11/h2-6,9,13H,7-8H2,1H3,(H,25,26,27). The molecule has 150 valence electrons. The van der Waals surface area contributed by atoms with E-state index in [-0.39, 0.29) is 23.1 Å². The predicted molar refractivity (Wildman–Crippen MR) is 95.4 cm³/mol. The summed E-state index contributed by atoms with van der Waals surface area (Å²) in [4.78, 5) is 7.42. The van der Waals surface area contributed by atoms with E-state index < -0.39 is 30.0 Å². The summed E-state index contributed by atoms with van der Waals surface area (Å²) < 4.78 is 79.8. The van der Waals surface area contributed by atoms with Gasteiger partial charge in [-0.25, -0.2) is 9.97 Å². The molecule has 0 spiro atoms. The Kier molecular flexibility index (Phi) is 5.51. The maximum absolute atomic E-state index is 13.5. The number of nitrogens with one attached hydrogen (secondary N) is 1. The smallest absolute Gasteiger partial charge is 0.358 e. The van der Waals surface area contributed by atoms with Crippen molar-refractivity contribution in [2.24, 2.45) is 0 Å². The second-order valence-electron chi connectivity index (χ2n) is 6.23. The first-order valence-corrected chi connectivity index (χ1v) is 9.08. The minimum atomic E-state index is -4.86. The van der Waals surface area contributed by atoms with Crippen molar-refractivity contribution in [2.75, 3.05) is 5.32 Å². The predicted octanol–water partition coefficient (Wildman–Crippen LogP) is 5.99. The number of nitrogens with zero attached hydrogens (tertiary/aromatic N) is 2. The van der Waals surface area contributed by atoms with Gasteiger partial charge in [0.2, 0.25) is 5.82 Å². The summed E-state index contributed by atoms with van der Waals surface area (Å²) in [6, 6.07) is 7.99. The topological polar surface area (TPSA) is 37.8 Å². The fraction of sp³-hybridized carbons (Fsp3) is 0.333. The van der Waals surface area contributed by atoms with E-state index in [1.54, 1.807) is 37.3 Å². The van der Waals surface area contributed by atoms with Crippen molar-refractivity contribution in [1.82, 2.24) is 9.97 Å². The van der Waals surface area contributed by atoms with Crippen LogP contribution in [-0.2, 0) is 12.6 Å². The Balaban J connectivity index is 1.94. The van der Waals surface area contributed by atoms with Gasteiger partial charge in [-0.05, 0) is 31.4 Å². The number of aromatic nitrogens is 2. The SMILES string of the molecule is Cc1cc2c(NC(CCc3ccccc3)C(F)(F)F)nc(C(F)(F)F)nc2s1. The van der Waals surface area contributed by atoms with Crippen molar-refractivity contribution < 1.29 is 26.3 Å². The summed E-state index contributed by atoms with van der Waals surface area (Å²) in [5.74, 6) is -1.93. The molecule has 0 bridgehead atoms. The summed E-state index contributed by atoms with van der Waals surface area (Å²) in [5.41, 5.74) is 0.703. The minimum Gasteiger partial charge on any atom is -0.358 e. The van der Waals surface area contributed by atoms with E-state index in [1.807, 2.05) is 0 Å². The van der Waals surface area contributed by atoms with E-state index >= 15 is 0 Å². The number of halogens is 6. The number of anilines is 1. The van der Waals surface area contributed by atoms with Gasteiger partial charge in [-0.3, -0.25) is 0 Å². The molecule has 0 aliphatic heterocycles. The molecule has 1 N–H and O–H groups in total. The van der Waals surface area contributed by atoms with Crippen LogP contribution in [0.3, 0.4) is 0 Å². The Morgan fingerprint density at radius 3 is 2.32 bits per heavy atom. The molecule has 10 heteroatoms. The van der Waals surface area contributed by atoms with Gasteiger partial charge in [0, 0.05) is 4.88 Å². The number of alkyl halides is 6. The third-order valence-electron chi connectivity index (χ3n) is 4.04. The lowest BCUT2D eigenvalue weighted by Gasteiger charge is -2.23. The van der Waals surface area contributed by atoms with Crippen LogP contribution in [0.5, 0.6) is 0 Å².